The lowest BCUT2D eigenvalue weighted by Gasteiger charge is -2.26. The molecule has 1 N–H and O–H groups in total. The van der Waals surface area contributed by atoms with Crippen LogP contribution in [0.4, 0.5) is 0 Å². The van der Waals surface area contributed by atoms with Crippen LogP contribution in [-0.2, 0) is 21.3 Å². The Balaban J connectivity index is 1.76. The number of carbonyl (C=O) groups excluding carboxylic acids is 1. The van der Waals surface area contributed by atoms with Crippen LogP contribution in [0.2, 0.25) is 0 Å². The van der Waals surface area contributed by atoms with Crippen LogP contribution >= 0.6 is 0 Å². The Bertz CT molecular complexity index is 894. The molecule has 1 aliphatic rings. The molecule has 0 heterocycles. The summed E-state index contributed by atoms with van der Waals surface area (Å²) >= 11 is 0. The highest BCUT2D eigenvalue weighted by Crippen LogP contribution is 2.29. The number of hydroxylamine groups is 1. The van der Waals surface area contributed by atoms with E-state index >= 15 is 0 Å². The van der Waals surface area contributed by atoms with Crippen molar-refractivity contribution in [3.8, 4) is 0 Å². The predicted molar refractivity (Wildman–Crippen MR) is 98.0 cm³/mol. The fraction of sp³-hybridized carbons (Fsp3) is 0.316. The first kappa shape index (κ1) is 18.6. The van der Waals surface area contributed by atoms with Gasteiger partial charge in [0.25, 0.3) is 15.9 Å². The Morgan fingerprint density at radius 1 is 1.15 bits per heavy atom. The first-order valence-electron chi connectivity index (χ1n) is 8.45. The van der Waals surface area contributed by atoms with Crippen molar-refractivity contribution >= 4 is 15.9 Å². The van der Waals surface area contributed by atoms with Crippen LogP contribution in [-0.4, -0.2) is 33.0 Å². The molecule has 0 saturated heterocycles. The molecule has 6 nitrogen and oxygen atoms in total. The Labute approximate surface area is 153 Å². The molecule has 7 heteroatoms. The number of benzene rings is 2. The van der Waals surface area contributed by atoms with Crippen LogP contribution in [0.3, 0.4) is 0 Å². The monoisotopic (exact) mass is 374 g/mol. The van der Waals surface area contributed by atoms with E-state index in [0.717, 1.165) is 29.3 Å². The van der Waals surface area contributed by atoms with Crippen molar-refractivity contribution in [3.63, 3.8) is 0 Å². The minimum absolute atomic E-state index is 0.0181. The van der Waals surface area contributed by atoms with Gasteiger partial charge in [0.1, 0.15) is 0 Å². The molecule has 0 aliphatic heterocycles. The molecule has 0 bridgehead atoms. The maximum Gasteiger partial charge on any atom is 0.264 e. The number of sulfonamides is 1. The highest BCUT2D eigenvalue weighted by Gasteiger charge is 2.23. The predicted octanol–water partition coefficient (Wildman–Crippen LogP) is 2.68. The highest BCUT2D eigenvalue weighted by atomic mass is 32.2. The minimum Gasteiger partial charge on any atom is -0.345 e. The lowest BCUT2D eigenvalue weighted by atomic mass is 9.87. The average molecular weight is 374 g/mol. The lowest BCUT2D eigenvalue weighted by Crippen LogP contribution is -2.31. The number of rotatable bonds is 5. The number of fused-ring (bicyclic) bond motifs is 1. The maximum atomic E-state index is 12.6. The molecule has 2 aromatic rings. The van der Waals surface area contributed by atoms with E-state index in [1.807, 2.05) is 12.1 Å². The molecular formula is C19H22N2O4S. The van der Waals surface area contributed by atoms with Crippen molar-refractivity contribution in [2.24, 2.45) is 0 Å². The number of carbonyl (C=O) groups is 1. The van der Waals surface area contributed by atoms with Crippen LogP contribution < -0.4 is 5.32 Å². The number of hydrogen-bond donors (Lipinski definition) is 1. The number of nitrogens with zero attached hydrogens (tertiary/aromatic N) is 1. The Kier molecular flexibility index (Phi) is 5.41. The average Bonchev–Trinajstić information content (AvgIpc) is 2.67. The first-order valence-corrected chi connectivity index (χ1v) is 9.89. The zero-order valence-electron chi connectivity index (χ0n) is 14.8. The zero-order valence-corrected chi connectivity index (χ0v) is 15.6. The summed E-state index contributed by atoms with van der Waals surface area (Å²) in [5.74, 6) is -0.212. The van der Waals surface area contributed by atoms with Gasteiger partial charge in [-0.25, -0.2) is 8.42 Å². The fourth-order valence-electron chi connectivity index (χ4n) is 3.17. The summed E-state index contributed by atoms with van der Waals surface area (Å²) in [6.07, 6.45) is 2.96. The van der Waals surface area contributed by atoms with Crippen molar-refractivity contribution < 1.29 is 18.0 Å². The van der Waals surface area contributed by atoms with Crippen molar-refractivity contribution in [2.75, 3.05) is 14.2 Å². The third-order valence-electron chi connectivity index (χ3n) is 4.68. The molecule has 0 radical (unpaired) electrons. The van der Waals surface area contributed by atoms with Crippen molar-refractivity contribution in [1.29, 1.82) is 0 Å². The van der Waals surface area contributed by atoms with Gasteiger partial charge in [-0.15, -0.1) is 0 Å². The molecule has 2 aromatic carbocycles. The topological polar surface area (TPSA) is 75.7 Å². The van der Waals surface area contributed by atoms with Crippen molar-refractivity contribution in [2.45, 2.75) is 30.2 Å². The lowest BCUT2D eigenvalue weighted by molar-refractivity contribution is -0.0258. The molecule has 0 spiro atoms. The van der Waals surface area contributed by atoms with Crippen LogP contribution in [0, 0.1) is 0 Å². The number of hydrogen-bond acceptors (Lipinski definition) is 4. The van der Waals surface area contributed by atoms with Gasteiger partial charge in [0.05, 0.1) is 18.0 Å². The quantitative estimate of drug-likeness (QED) is 0.817. The molecule has 1 aliphatic carbocycles. The van der Waals surface area contributed by atoms with E-state index in [0.29, 0.717) is 5.56 Å². The number of aryl methyl sites for hydroxylation is 1. The van der Waals surface area contributed by atoms with Gasteiger partial charge in [0.2, 0.25) is 0 Å². The zero-order chi connectivity index (χ0) is 18.7. The van der Waals surface area contributed by atoms with Crippen LogP contribution in [0.1, 0.15) is 40.4 Å². The molecular weight excluding hydrogens is 352 g/mol. The summed E-state index contributed by atoms with van der Waals surface area (Å²) in [6, 6.07) is 14.0. The number of amides is 1. The molecule has 0 fully saturated rings. The van der Waals surface area contributed by atoms with E-state index in [1.54, 1.807) is 0 Å². The van der Waals surface area contributed by atoms with Crippen molar-refractivity contribution in [1.82, 2.24) is 9.79 Å². The highest BCUT2D eigenvalue weighted by molar-refractivity contribution is 7.89. The summed E-state index contributed by atoms with van der Waals surface area (Å²) < 4.78 is 25.2. The van der Waals surface area contributed by atoms with E-state index < -0.39 is 10.0 Å². The Morgan fingerprint density at radius 2 is 1.85 bits per heavy atom. The molecule has 0 aromatic heterocycles. The van der Waals surface area contributed by atoms with E-state index in [4.69, 9.17) is 4.84 Å². The van der Waals surface area contributed by atoms with Gasteiger partial charge in [-0.1, -0.05) is 28.7 Å². The molecule has 1 amide bonds. The first-order chi connectivity index (χ1) is 12.4. The molecule has 138 valence electrons. The normalized spacial score (nSPS) is 17.0. The van der Waals surface area contributed by atoms with E-state index in [-0.39, 0.29) is 16.8 Å². The third kappa shape index (κ3) is 3.65. The van der Waals surface area contributed by atoms with E-state index in [2.05, 4.69) is 17.4 Å². The molecule has 1 atom stereocenters. The second-order valence-corrected chi connectivity index (χ2v) is 8.17. The van der Waals surface area contributed by atoms with E-state index in [9.17, 15) is 13.2 Å². The summed E-state index contributed by atoms with van der Waals surface area (Å²) in [6.45, 7) is 0. The standard InChI is InChI=1S/C19H22N2O4S/c1-21(25-2)26(23,24)16-12-10-15(11-13-16)19(22)20-18-9-5-7-14-6-3-4-8-17(14)18/h3-4,6,8,10-13,18H,5,7,9H2,1-2H3,(H,20,22)/t18-/m1/s1. The summed E-state index contributed by atoms with van der Waals surface area (Å²) in [4.78, 5) is 17.4. The molecule has 0 saturated carbocycles. The van der Waals surface area contributed by atoms with Crippen molar-refractivity contribution in [3.05, 3.63) is 65.2 Å². The summed E-state index contributed by atoms with van der Waals surface area (Å²) in [7, 11) is -1.12. The maximum absolute atomic E-state index is 12.6. The van der Waals surface area contributed by atoms with Crippen LogP contribution in [0.25, 0.3) is 0 Å². The SMILES string of the molecule is CON(C)S(=O)(=O)c1ccc(C(=O)N[C@@H]2CCCc3ccccc32)cc1. The summed E-state index contributed by atoms with van der Waals surface area (Å²) in [5, 5.41) is 3.06. The fourth-order valence-corrected chi connectivity index (χ4v) is 4.14. The second-order valence-electron chi connectivity index (χ2n) is 6.24. The van der Waals surface area contributed by atoms with Gasteiger partial charge < -0.3 is 5.32 Å². The van der Waals surface area contributed by atoms with Gasteiger partial charge in [-0.05, 0) is 54.7 Å². The third-order valence-corrected chi connectivity index (χ3v) is 6.38. The van der Waals surface area contributed by atoms with Crippen LogP contribution in [0.15, 0.2) is 53.4 Å². The molecule has 3 rings (SSSR count). The van der Waals surface area contributed by atoms with Gasteiger partial charge in [-0.3, -0.25) is 9.63 Å². The van der Waals surface area contributed by atoms with Gasteiger partial charge >= 0.3 is 0 Å². The van der Waals surface area contributed by atoms with E-state index in [1.165, 1.54) is 44.0 Å². The molecule has 26 heavy (non-hydrogen) atoms. The number of nitrogens with one attached hydrogen (secondary N) is 1. The largest absolute Gasteiger partial charge is 0.345 e. The summed E-state index contributed by atoms with van der Waals surface area (Å²) in [5.41, 5.74) is 2.85. The Morgan fingerprint density at radius 3 is 2.54 bits per heavy atom. The second kappa shape index (κ2) is 7.57. The molecule has 0 unspecified atom stereocenters. The smallest absolute Gasteiger partial charge is 0.264 e. The Hall–Kier alpha value is -2.22. The van der Waals surface area contributed by atoms with Crippen LogP contribution in [0.5, 0.6) is 0 Å². The van der Waals surface area contributed by atoms with Gasteiger partial charge in [0.15, 0.2) is 0 Å². The van der Waals surface area contributed by atoms with Gasteiger partial charge in [0, 0.05) is 12.6 Å². The van der Waals surface area contributed by atoms with Gasteiger partial charge in [-0.2, -0.15) is 0 Å². The minimum atomic E-state index is -3.72.